The molecule has 1 fully saturated rings. The van der Waals surface area contributed by atoms with Gasteiger partial charge in [-0.05, 0) is 62.6 Å². The van der Waals surface area contributed by atoms with Crippen molar-refractivity contribution in [3.05, 3.63) is 60.4 Å². The Kier molecular flexibility index (Phi) is 3.80. The minimum absolute atomic E-state index is 0.0264. The fourth-order valence-corrected chi connectivity index (χ4v) is 2.97. The standard InChI is InChI=1S/C19H19N5O/c1-19(10-4-11-19)21-18(25)14-6-8-15(9-7-14)24-13-17(22-23-24)16-5-2-3-12-20-16/h2-3,5-9,12-13H,4,10-11H2,1H3,(H,21,25). The number of rotatable bonds is 4. The Labute approximate surface area is 145 Å². The van der Waals surface area contributed by atoms with Crippen molar-refractivity contribution in [3.63, 3.8) is 0 Å². The Morgan fingerprint density at radius 1 is 1.12 bits per heavy atom. The Bertz CT molecular complexity index is 882. The van der Waals surface area contributed by atoms with Crippen LogP contribution in [0.15, 0.2) is 54.9 Å². The van der Waals surface area contributed by atoms with Gasteiger partial charge in [-0.15, -0.1) is 5.10 Å². The summed E-state index contributed by atoms with van der Waals surface area (Å²) in [6.07, 6.45) is 6.83. The second-order valence-electron chi connectivity index (χ2n) is 6.68. The van der Waals surface area contributed by atoms with Crippen molar-refractivity contribution < 1.29 is 4.79 Å². The maximum absolute atomic E-state index is 12.3. The summed E-state index contributed by atoms with van der Waals surface area (Å²) in [5, 5.41) is 11.4. The lowest BCUT2D eigenvalue weighted by Gasteiger charge is -2.39. The van der Waals surface area contributed by atoms with E-state index in [9.17, 15) is 4.79 Å². The van der Waals surface area contributed by atoms with E-state index in [0.29, 0.717) is 11.3 Å². The molecule has 2 aromatic heterocycles. The van der Waals surface area contributed by atoms with Crippen molar-refractivity contribution in [2.24, 2.45) is 0 Å². The van der Waals surface area contributed by atoms with Gasteiger partial charge in [0.2, 0.25) is 0 Å². The lowest BCUT2D eigenvalue weighted by molar-refractivity contribution is 0.0850. The highest BCUT2D eigenvalue weighted by Gasteiger charge is 2.33. The van der Waals surface area contributed by atoms with E-state index in [1.165, 1.54) is 6.42 Å². The average molecular weight is 333 g/mol. The lowest BCUT2D eigenvalue weighted by atomic mass is 9.78. The molecule has 1 N–H and O–H groups in total. The van der Waals surface area contributed by atoms with Gasteiger partial charge < -0.3 is 5.32 Å². The van der Waals surface area contributed by atoms with Crippen molar-refractivity contribution in [1.82, 2.24) is 25.3 Å². The molecule has 126 valence electrons. The normalized spacial score (nSPS) is 15.4. The summed E-state index contributed by atoms with van der Waals surface area (Å²) in [6, 6.07) is 13.0. The minimum Gasteiger partial charge on any atom is -0.347 e. The first-order chi connectivity index (χ1) is 12.1. The molecular formula is C19H19N5O. The number of carbonyl (C=O) groups excluding carboxylic acids is 1. The number of benzene rings is 1. The molecule has 0 spiro atoms. The molecule has 2 heterocycles. The second kappa shape index (κ2) is 6.12. The van der Waals surface area contributed by atoms with Gasteiger partial charge in [0.05, 0.1) is 17.6 Å². The van der Waals surface area contributed by atoms with Gasteiger partial charge in [-0.1, -0.05) is 11.3 Å². The van der Waals surface area contributed by atoms with Crippen LogP contribution in [0.3, 0.4) is 0 Å². The van der Waals surface area contributed by atoms with Crippen LogP contribution in [0.25, 0.3) is 17.1 Å². The van der Waals surface area contributed by atoms with E-state index >= 15 is 0 Å². The van der Waals surface area contributed by atoms with Crippen LogP contribution in [0.5, 0.6) is 0 Å². The number of pyridine rings is 1. The largest absolute Gasteiger partial charge is 0.347 e. The quantitative estimate of drug-likeness (QED) is 0.796. The highest BCUT2D eigenvalue weighted by molar-refractivity contribution is 5.94. The van der Waals surface area contributed by atoms with E-state index in [1.54, 1.807) is 10.9 Å². The van der Waals surface area contributed by atoms with E-state index in [0.717, 1.165) is 24.2 Å². The van der Waals surface area contributed by atoms with Gasteiger partial charge in [-0.3, -0.25) is 9.78 Å². The van der Waals surface area contributed by atoms with E-state index in [1.807, 2.05) is 48.7 Å². The Hall–Kier alpha value is -3.02. The summed E-state index contributed by atoms with van der Waals surface area (Å²) in [7, 11) is 0. The smallest absolute Gasteiger partial charge is 0.251 e. The predicted octanol–water partition coefficient (Wildman–Crippen LogP) is 3.00. The molecule has 0 saturated heterocycles. The zero-order chi connectivity index (χ0) is 17.3. The molecular weight excluding hydrogens is 314 g/mol. The van der Waals surface area contributed by atoms with Crippen LogP contribution in [0, 0.1) is 0 Å². The van der Waals surface area contributed by atoms with Gasteiger partial charge in [0.15, 0.2) is 0 Å². The van der Waals surface area contributed by atoms with Crippen LogP contribution < -0.4 is 5.32 Å². The molecule has 0 unspecified atom stereocenters. The monoisotopic (exact) mass is 333 g/mol. The molecule has 6 nitrogen and oxygen atoms in total. The Morgan fingerprint density at radius 2 is 1.92 bits per heavy atom. The Morgan fingerprint density at radius 3 is 2.56 bits per heavy atom. The number of nitrogens with one attached hydrogen (secondary N) is 1. The van der Waals surface area contributed by atoms with Crippen LogP contribution in [-0.4, -0.2) is 31.4 Å². The fraction of sp³-hybridized carbons (Fsp3) is 0.263. The van der Waals surface area contributed by atoms with Crippen molar-refractivity contribution in [2.75, 3.05) is 0 Å². The van der Waals surface area contributed by atoms with Crippen molar-refractivity contribution in [3.8, 4) is 17.1 Å². The molecule has 4 rings (SSSR count). The Balaban J connectivity index is 1.50. The van der Waals surface area contributed by atoms with Crippen LogP contribution in [0.1, 0.15) is 36.5 Å². The molecule has 1 aliphatic rings. The zero-order valence-corrected chi connectivity index (χ0v) is 14.0. The maximum Gasteiger partial charge on any atom is 0.251 e. The molecule has 0 atom stereocenters. The molecule has 25 heavy (non-hydrogen) atoms. The van der Waals surface area contributed by atoms with Gasteiger partial charge >= 0.3 is 0 Å². The number of aromatic nitrogens is 4. The first kappa shape index (κ1) is 15.5. The number of hydrogen-bond donors (Lipinski definition) is 1. The van der Waals surface area contributed by atoms with Crippen molar-refractivity contribution in [2.45, 2.75) is 31.7 Å². The van der Waals surface area contributed by atoms with Crippen molar-refractivity contribution in [1.29, 1.82) is 0 Å². The highest BCUT2D eigenvalue weighted by atomic mass is 16.1. The van der Waals surface area contributed by atoms with Crippen LogP contribution in [-0.2, 0) is 0 Å². The third-order valence-corrected chi connectivity index (χ3v) is 4.69. The number of hydrogen-bond acceptors (Lipinski definition) is 4. The van der Waals surface area contributed by atoms with Gasteiger partial charge in [-0.25, -0.2) is 4.68 Å². The lowest BCUT2D eigenvalue weighted by Crippen LogP contribution is -2.50. The fourth-order valence-electron chi connectivity index (χ4n) is 2.97. The summed E-state index contributed by atoms with van der Waals surface area (Å²) >= 11 is 0. The van der Waals surface area contributed by atoms with Gasteiger partial charge in [0.25, 0.3) is 5.91 Å². The molecule has 3 aromatic rings. The predicted molar refractivity (Wildman–Crippen MR) is 94.3 cm³/mol. The average Bonchev–Trinajstić information content (AvgIpc) is 3.11. The SMILES string of the molecule is CC1(NC(=O)c2ccc(-n3cc(-c4ccccn4)nn3)cc2)CCC1. The summed E-state index contributed by atoms with van der Waals surface area (Å²) in [5.74, 6) is -0.0264. The minimum atomic E-state index is -0.0424. The third-order valence-electron chi connectivity index (χ3n) is 4.69. The van der Waals surface area contributed by atoms with Crippen LogP contribution in [0.2, 0.25) is 0 Å². The molecule has 1 saturated carbocycles. The zero-order valence-electron chi connectivity index (χ0n) is 14.0. The maximum atomic E-state index is 12.3. The number of amides is 1. The summed E-state index contributed by atoms with van der Waals surface area (Å²) in [6.45, 7) is 2.09. The first-order valence-electron chi connectivity index (χ1n) is 8.40. The van der Waals surface area contributed by atoms with E-state index < -0.39 is 0 Å². The van der Waals surface area contributed by atoms with E-state index in [-0.39, 0.29) is 11.4 Å². The van der Waals surface area contributed by atoms with Crippen LogP contribution >= 0.6 is 0 Å². The molecule has 1 amide bonds. The number of nitrogens with zero attached hydrogens (tertiary/aromatic N) is 4. The molecule has 6 heteroatoms. The van der Waals surface area contributed by atoms with Crippen LogP contribution in [0.4, 0.5) is 0 Å². The highest BCUT2D eigenvalue weighted by Crippen LogP contribution is 2.31. The molecule has 0 aliphatic heterocycles. The topological polar surface area (TPSA) is 72.7 Å². The summed E-state index contributed by atoms with van der Waals surface area (Å²) in [5.41, 5.74) is 2.95. The number of carbonyl (C=O) groups is 1. The molecule has 1 aromatic carbocycles. The molecule has 0 bridgehead atoms. The molecule has 0 radical (unpaired) electrons. The van der Waals surface area contributed by atoms with E-state index in [2.05, 4.69) is 27.5 Å². The van der Waals surface area contributed by atoms with Crippen molar-refractivity contribution >= 4 is 5.91 Å². The molecule has 1 aliphatic carbocycles. The van der Waals surface area contributed by atoms with Gasteiger partial charge in [-0.2, -0.15) is 0 Å². The summed E-state index contributed by atoms with van der Waals surface area (Å²) < 4.78 is 1.68. The first-order valence-corrected chi connectivity index (χ1v) is 8.40. The second-order valence-corrected chi connectivity index (χ2v) is 6.68. The van der Waals surface area contributed by atoms with Gasteiger partial charge in [0.1, 0.15) is 5.69 Å². The van der Waals surface area contributed by atoms with E-state index in [4.69, 9.17) is 0 Å². The third kappa shape index (κ3) is 3.15. The summed E-state index contributed by atoms with van der Waals surface area (Å²) in [4.78, 5) is 16.6. The van der Waals surface area contributed by atoms with Gasteiger partial charge in [0, 0.05) is 17.3 Å².